The van der Waals surface area contributed by atoms with E-state index in [-0.39, 0.29) is 28.2 Å². The molecule has 172 valence electrons. The van der Waals surface area contributed by atoms with E-state index in [4.69, 9.17) is 0 Å². The molecular formula is C20H18F4N2O4S2. The van der Waals surface area contributed by atoms with Gasteiger partial charge in [-0.1, -0.05) is 0 Å². The molecule has 3 aromatic rings. The number of rotatable bonds is 4. The van der Waals surface area contributed by atoms with Crippen LogP contribution in [0.3, 0.4) is 0 Å². The molecule has 2 N–H and O–H groups in total. The van der Waals surface area contributed by atoms with Crippen LogP contribution < -0.4 is 10.5 Å². The predicted octanol–water partition coefficient (Wildman–Crippen LogP) is 3.60. The molecule has 0 amide bonds. The minimum absolute atomic E-state index is 0.0642. The van der Waals surface area contributed by atoms with Gasteiger partial charge < -0.3 is 15.0 Å². The Morgan fingerprint density at radius 1 is 1.16 bits per heavy atom. The molecule has 3 heterocycles. The second-order valence-corrected chi connectivity index (χ2v) is 11.0. The van der Waals surface area contributed by atoms with Crippen LogP contribution in [0, 0.1) is 5.82 Å². The lowest BCUT2D eigenvalue weighted by Gasteiger charge is -2.39. The molecule has 0 aliphatic carbocycles. The maximum atomic E-state index is 14.5. The van der Waals surface area contributed by atoms with Crippen molar-refractivity contribution in [3.8, 4) is 0 Å². The number of nitrogens with one attached hydrogen (secondary N) is 1. The van der Waals surface area contributed by atoms with Gasteiger partial charge in [0.1, 0.15) is 10.0 Å². The van der Waals surface area contributed by atoms with E-state index >= 15 is 0 Å². The third kappa shape index (κ3) is 4.14. The van der Waals surface area contributed by atoms with Crippen LogP contribution in [0.4, 0.5) is 22.6 Å². The summed E-state index contributed by atoms with van der Waals surface area (Å²) in [7, 11) is -3.97. The standard InChI is InChI=1S/C20H18F4N2O4S2/c21-15-10-12-3-6-25-18(27)14(12)9-13(15)11-32(29,30)17-2-1-16(31-17)26-7-4-19(28,5-8-26)20(22,23)24/h1-3,6,9-10,28H,4-5,7-8,11H2,(H,25,27). The molecule has 0 unspecified atom stereocenters. The molecule has 2 aromatic heterocycles. The van der Waals surface area contributed by atoms with Crippen LogP contribution in [0.2, 0.25) is 0 Å². The number of sulfone groups is 1. The summed E-state index contributed by atoms with van der Waals surface area (Å²) in [6, 6.07) is 6.62. The van der Waals surface area contributed by atoms with Crippen LogP contribution in [0.1, 0.15) is 18.4 Å². The Kier molecular flexibility index (Phi) is 5.58. The fraction of sp³-hybridized carbons (Fsp3) is 0.350. The summed E-state index contributed by atoms with van der Waals surface area (Å²) in [5.41, 5.74) is -3.37. The fourth-order valence-electron chi connectivity index (χ4n) is 3.67. The lowest BCUT2D eigenvalue weighted by atomic mass is 9.91. The highest BCUT2D eigenvalue weighted by atomic mass is 32.2. The molecule has 0 spiro atoms. The number of fused-ring (bicyclic) bond motifs is 1. The minimum Gasteiger partial charge on any atom is -0.380 e. The maximum Gasteiger partial charge on any atom is 0.417 e. The molecule has 0 atom stereocenters. The normalized spacial score (nSPS) is 17.1. The lowest BCUT2D eigenvalue weighted by molar-refractivity contribution is -0.266. The number of halogens is 4. The van der Waals surface area contributed by atoms with Crippen LogP contribution in [0.5, 0.6) is 0 Å². The number of aromatic amines is 1. The van der Waals surface area contributed by atoms with E-state index in [1.54, 1.807) is 4.90 Å². The summed E-state index contributed by atoms with van der Waals surface area (Å²) in [6.45, 7) is -0.170. The summed E-state index contributed by atoms with van der Waals surface area (Å²) in [5, 5.41) is 10.7. The van der Waals surface area contributed by atoms with E-state index in [0.29, 0.717) is 10.4 Å². The Morgan fingerprint density at radius 2 is 1.84 bits per heavy atom. The number of pyridine rings is 1. The Labute approximate surface area is 184 Å². The van der Waals surface area contributed by atoms with Gasteiger partial charge >= 0.3 is 6.18 Å². The maximum absolute atomic E-state index is 14.5. The van der Waals surface area contributed by atoms with Crippen molar-refractivity contribution in [3.63, 3.8) is 0 Å². The first-order chi connectivity index (χ1) is 14.9. The fourth-order valence-corrected chi connectivity index (χ4v) is 6.45. The van der Waals surface area contributed by atoms with Crippen molar-refractivity contribution in [1.29, 1.82) is 0 Å². The van der Waals surface area contributed by atoms with E-state index in [0.717, 1.165) is 17.4 Å². The molecule has 12 heteroatoms. The molecule has 1 aliphatic rings. The zero-order valence-corrected chi connectivity index (χ0v) is 18.1. The Hall–Kier alpha value is -2.44. The van der Waals surface area contributed by atoms with Gasteiger partial charge in [-0.2, -0.15) is 13.2 Å². The van der Waals surface area contributed by atoms with Crippen molar-refractivity contribution >= 4 is 36.9 Å². The molecule has 1 aromatic carbocycles. The second kappa shape index (κ2) is 7.85. The summed E-state index contributed by atoms with van der Waals surface area (Å²) in [4.78, 5) is 16.0. The number of alkyl halides is 3. The smallest absolute Gasteiger partial charge is 0.380 e. The summed E-state index contributed by atoms with van der Waals surface area (Å²) < 4.78 is 79.1. The Balaban J connectivity index is 1.54. The highest BCUT2D eigenvalue weighted by Gasteiger charge is 2.54. The number of anilines is 1. The first-order valence-electron chi connectivity index (χ1n) is 9.56. The Morgan fingerprint density at radius 3 is 2.50 bits per heavy atom. The number of piperidine rings is 1. The Bertz CT molecular complexity index is 1320. The molecule has 6 nitrogen and oxygen atoms in total. The number of hydrogen-bond acceptors (Lipinski definition) is 6. The molecular weight excluding hydrogens is 472 g/mol. The summed E-state index contributed by atoms with van der Waals surface area (Å²) >= 11 is 0.871. The van der Waals surface area contributed by atoms with Gasteiger partial charge in [-0.3, -0.25) is 4.79 Å². The third-order valence-electron chi connectivity index (χ3n) is 5.59. The number of aromatic nitrogens is 1. The van der Waals surface area contributed by atoms with Crippen molar-refractivity contribution in [2.24, 2.45) is 0 Å². The van der Waals surface area contributed by atoms with Gasteiger partial charge in [0.2, 0.25) is 0 Å². The van der Waals surface area contributed by atoms with Gasteiger partial charge in [-0.25, -0.2) is 12.8 Å². The highest BCUT2D eigenvalue weighted by molar-refractivity contribution is 7.92. The monoisotopic (exact) mass is 490 g/mol. The summed E-state index contributed by atoms with van der Waals surface area (Å²) in [6.07, 6.45) is -4.40. The zero-order valence-electron chi connectivity index (χ0n) is 16.4. The number of aliphatic hydroxyl groups is 1. The second-order valence-electron chi connectivity index (χ2n) is 7.71. The van der Waals surface area contributed by atoms with Gasteiger partial charge in [0.15, 0.2) is 15.4 Å². The molecule has 0 radical (unpaired) electrons. The first kappa shape index (κ1) is 22.7. The SMILES string of the molecule is O=c1[nH]ccc2cc(F)c(CS(=O)(=O)c3ccc(N4CCC(O)(C(F)(F)F)CC4)s3)cc12. The van der Waals surface area contributed by atoms with E-state index < -0.39 is 51.6 Å². The van der Waals surface area contributed by atoms with E-state index in [1.165, 1.54) is 30.5 Å². The molecule has 1 saturated heterocycles. The van der Waals surface area contributed by atoms with E-state index in [2.05, 4.69) is 4.98 Å². The molecule has 1 aliphatic heterocycles. The summed E-state index contributed by atoms with van der Waals surface area (Å²) in [5.74, 6) is -1.43. The zero-order chi connectivity index (χ0) is 23.3. The average molecular weight is 491 g/mol. The van der Waals surface area contributed by atoms with Crippen molar-refractivity contribution in [1.82, 2.24) is 4.98 Å². The number of H-pyrrole nitrogens is 1. The van der Waals surface area contributed by atoms with Gasteiger partial charge in [-0.05, 0) is 35.7 Å². The largest absolute Gasteiger partial charge is 0.417 e. The van der Waals surface area contributed by atoms with Crippen molar-refractivity contribution in [2.75, 3.05) is 18.0 Å². The van der Waals surface area contributed by atoms with Crippen molar-refractivity contribution in [2.45, 2.75) is 34.6 Å². The van der Waals surface area contributed by atoms with Gasteiger partial charge in [0, 0.05) is 43.1 Å². The van der Waals surface area contributed by atoms with E-state index in [9.17, 15) is 35.9 Å². The van der Waals surface area contributed by atoms with E-state index in [1.807, 2.05) is 0 Å². The molecule has 4 rings (SSSR count). The molecule has 32 heavy (non-hydrogen) atoms. The number of nitrogens with zero attached hydrogens (tertiary/aromatic N) is 1. The minimum atomic E-state index is -4.73. The predicted molar refractivity (Wildman–Crippen MR) is 112 cm³/mol. The molecule has 0 bridgehead atoms. The molecule has 1 fully saturated rings. The van der Waals surface area contributed by atoms with Gasteiger partial charge in [0.25, 0.3) is 5.56 Å². The topological polar surface area (TPSA) is 90.5 Å². The van der Waals surface area contributed by atoms with Gasteiger partial charge in [-0.15, -0.1) is 11.3 Å². The first-order valence-corrected chi connectivity index (χ1v) is 12.0. The number of thiophene rings is 1. The average Bonchev–Trinajstić information content (AvgIpc) is 3.20. The van der Waals surface area contributed by atoms with Crippen molar-refractivity contribution < 1.29 is 31.1 Å². The van der Waals surface area contributed by atoms with Crippen LogP contribution >= 0.6 is 11.3 Å². The third-order valence-corrected chi connectivity index (χ3v) is 8.98. The molecule has 0 saturated carbocycles. The van der Waals surface area contributed by atoms with Crippen LogP contribution in [-0.4, -0.2) is 43.4 Å². The van der Waals surface area contributed by atoms with Crippen LogP contribution in [0.15, 0.2) is 45.5 Å². The van der Waals surface area contributed by atoms with Crippen LogP contribution in [0.25, 0.3) is 10.8 Å². The van der Waals surface area contributed by atoms with Crippen molar-refractivity contribution in [3.05, 3.63) is 58.3 Å². The van der Waals surface area contributed by atoms with Gasteiger partial charge in [0.05, 0.1) is 10.8 Å². The highest BCUT2D eigenvalue weighted by Crippen LogP contribution is 2.41. The number of hydrogen-bond donors (Lipinski definition) is 2. The van der Waals surface area contributed by atoms with Crippen LogP contribution in [-0.2, 0) is 15.6 Å². The quantitative estimate of drug-likeness (QED) is 0.546. The number of benzene rings is 1. The lowest BCUT2D eigenvalue weighted by Crippen LogP contribution is -2.53.